The number of ether oxygens (including phenoxy) is 1. The zero-order valence-electron chi connectivity index (χ0n) is 20.2. The Kier molecular flexibility index (Phi) is 7.75. The van der Waals surface area contributed by atoms with Crippen molar-refractivity contribution in [1.29, 1.82) is 0 Å². The standard InChI is InChI=1S/C24H27F4N5O3/c1-5-7-13(3)36-20-12-19(33-23(35)32(4)21(6-2)31-33)17(25)11-15(20)22(34)30-18-9-8-14(29)10-16(18)24(26,27)28/h8-13H,5-7,29H2,1-4H3,(H,30,34). The van der Waals surface area contributed by atoms with E-state index in [1.54, 1.807) is 13.8 Å². The number of carbonyl (C=O) groups excluding carboxylic acids is 1. The topological polar surface area (TPSA) is 104 Å². The van der Waals surface area contributed by atoms with E-state index in [2.05, 4.69) is 10.4 Å². The number of amides is 1. The molecule has 0 spiro atoms. The molecule has 1 aromatic heterocycles. The van der Waals surface area contributed by atoms with Gasteiger partial charge in [-0.2, -0.15) is 17.9 Å². The molecule has 2 aromatic carbocycles. The van der Waals surface area contributed by atoms with Gasteiger partial charge in [0.05, 0.1) is 22.9 Å². The number of carbonyl (C=O) groups is 1. The minimum Gasteiger partial charge on any atom is -0.490 e. The van der Waals surface area contributed by atoms with E-state index in [-0.39, 0.29) is 22.7 Å². The van der Waals surface area contributed by atoms with Crippen molar-refractivity contribution in [3.05, 3.63) is 63.6 Å². The van der Waals surface area contributed by atoms with Crippen LogP contribution < -0.4 is 21.5 Å². The molecule has 1 atom stereocenters. The highest BCUT2D eigenvalue weighted by molar-refractivity contribution is 6.07. The van der Waals surface area contributed by atoms with Crippen LogP contribution in [-0.4, -0.2) is 26.4 Å². The van der Waals surface area contributed by atoms with Gasteiger partial charge in [0.15, 0.2) is 0 Å². The number of anilines is 2. The highest BCUT2D eigenvalue weighted by Crippen LogP contribution is 2.37. The summed E-state index contributed by atoms with van der Waals surface area (Å²) in [6, 6.07) is 4.88. The Balaban J connectivity index is 2.11. The molecule has 0 bridgehead atoms. The molecule has 3 aromatic rings. The quantitative estimate of drug-likeness (QED) is 0.339. The van der Waals surface area contributed by atoms with Crippen LogP contribution in [-0.2, 0) is 19.6 Å². The molecule has 36 heavy (non-hydrogen) atoms. The van der Waals surface area contributed by atoms with Gasteiger partial charge in [-0.3, -0.25) is 9.36 Å². The van der Waals surface area contributed by atoms with E-state index in [1.165, 1.54) is 17.7 Å². The van der Waals surface area contributed by atoms with Crippen molar-refractivity contribution in [2.75, 3.05) is 11.1 Å². The Hall–Kier alpha value is -3.83. The summed E-state index contributed by atoms with van der Waals surface area (Å²) in [6.07, 6.45) is -3.45. The maximum atomic E-state index is 15.2. The van der Waals surface area contributed by atoms with E-state index in [9.17, 15) is 22.8 Å². The van der Waals surface area contributed by atoms with Crippen LogP contribution in [0, 0.1) is 5.82 Å². The second-order valence-corrected chi connectivity index (χ2v) is 8.30. The van der Waals surface area contributed by atoms with Crippen LogP contribution in [0.25, 0.3) is 5.69 Å². The molecule has 8 nitrogen and oxygen atoms in total. The van der Waals surface area contributed by atoms with Gasteiger partial charge < -0.3 is 15.8 Å². The second-order valence-electron chi connectivity index (χ2n) is 8.30. The molecule has 0 fully saturated rings. The molecule has 1 amide bonds. The van der Waals surface area contributed by atoms with Gasteiger partial charge in [0.2, 0.25) is 0 Å². The molecule has 0 saturated heterocycles. The van der Waals surface area contributed by atoms with Crippen LogP contribution >= 0.6 is 0 Å². The summed E-state index contributed by atoms with van der Waals surface area (Å²) in [4.78, 5) is 25.7. The molecule has 0 aliphatic heterocycles. The highest BCUT2D eigenvalue weighted by atomic mass is 19.4. The molecule has 3 N–H and O–H groups in total. The monoisotopic (exact) mass is 509 g/mol. The third kappa shape index (κ3) is 5.52. The number of aromatic nitrogens is 3. The molecule has 0 saturated carbocycles. The first kappa shape index (κ1) is 26.8. The molecular weight excluding hydrogens is 482 g/mol. The highest BCUT2D eigenvalue weighted by Gasteiger charge is 2.34. The third-order valence-corrected chi connectivity index (χ3v) is 5.53. The Labute approximate surface area is 204 Å². The predicted octanol–water partition coefficient (Wildman–Crippen LogP) is 4.69. The number of nitrogen functional groups attached to an aromatic ring is 1. The summed E-state index contributed by atoms with van der Waals surface area (Å²) < 4.78 is 63.7. The van der Waals surface area contributed by atoms with E-state index >= 15 is 4.39 Å². The smallest absolute Gasteiger partial charge is 0.418 e. The fourth-order valence-electron chi connectivity index (χ4n) is 3.70. The molecular formula is C24H27F4N5O3. The SMILES string of the molecule is CCCC(C)Oc1cc(-n2nc(CC)n(C)c2=O)c(F)cc1C(=O)Nc1ccc(N)cc1C(F)(F)F. The zero-order valence-corrected chi connectivity index (χ0v) is 20.2. The van der Waals surface area contributed by atoms with Gasteiger partial charge in [-0.05, 0) is 37.6 Å². The van der Waals surface area contributed by atoms with Crippen molar-refractivity contribution < 1.29 is 27.1 Å². The number of nitrogens with two attached hydrogens (primary N) is 1. The van der Waals surface area contributed by atoms with Crippen molar-refractivity contribution in [2.45, 2.75) is 52.3 Å². The van der Waals surface area contributed by atoms with Gasteiger partial charge in [-0.1, -0.05) is 20.3 Å². The van der Waals surface area contributed by atoms with Crippen molar-refractivity contribution in [2.24, 2.45) is 7.05 Å². The Bertz CT molecular complexity index is 1330. The fraction of sp³-hybridized carbons (Fsp3) is 0.375. The third-order valence-electron chi connectivity index (χ3n) is 5.53. The average molecular weight is 510 g/mol. The Morgan fingerprint density at radius 3 is 2.50 bits per heavy atom. The summed E-state index contributed by atoms with van der Waals surface area (Å²) in [5.74, 6) is -1.71. The van der Waals surface area contributed by atoms with Crippen LogP contribution in [0.3, 0.4) is 0 Å². The Morgan fingerprint density at radius 2 is 1.92 bits per heavy atom. The van der Waals surface area contributed by atoms with E-state index < -0.39 is 40.9 Å². The summed E-state index contributed by atoms with van der Waals surface area (Å²) in [7, 11) is 1.50. The summed E-state index contributed by atoms with van der Waals surface area (Å²) in [5, 5.41) is 6.32. The minimum atomic E-state index is -4.79. The number of benzene rings is 2. The molecule has 1 heterocycles. The predicted molar refractivity (Wildman–Crippen MR) is 127 cm³/mol. The number of nitrogens with one attached hydrogen (secondary N) is 1. The van der Waals surface area contributed by atoms with Gasteiger partial charge in [0.25, 0.3) is 5.91 Å². The van der Waals surface area contributed by atoms with Crippen molar-refractivity contribution in [3.63, 3.8) is 0 Å². The molecule has 1 unspecified atom stereocenters. The number of hydrogen-bond acceptors (Lipinski definition) is 5. The lowest BCUT2D eigenvalue weighted by Crippen LogP contribution is -2.24. The average Bonchev–Trinajstić information content (AvgIpc) is 3.09. The number of halogens is 4. The number of aryl methyl sites for hydroxylation is 1. The summed E-state index contributed by atoms with van der Waals surface area (Å²) >= 11 is 0. The van der Waals surface area contributed by atoms with Crippen LogP contribution in [0.4, 0.5) is 28.9 Å². The van der Waals surface area contributed by atoms with Gasteiger partial charge in [-0.15, -0.1) is 5.10 Å². The van der Waals surface area contributed by atoms with Crippen molar-refractivity contribution in [1.82, 2.24) is 14.3 Å². The number of nitrogens with zero attached hydrogens (tertiary/aromatic N) is 3. The van der Waals surface area contributed by atoms with Gasteiger partial charge >= 0.3 is 11.9 Å². The van der Waals surface area contributed by atoms with Gasteiger partial charge in [0.1, 0.15) is 23.1 Å². The summed E-state index contributed by atoms with van der Waals surface area (Å²) in [5.41, 5.74) is 2.44. The molecule has 194 valence electrons. The van der Waals surface area contributed by atoms with E-state index in [1.807, 2.05) is 6.92 Å². The van der Waals surface area contributed by atoms with E-state index in [0.29, 0.717) is 24.7 Å². The molecule has 0 radical (unpaired) electrons. The van der Waals surface area contributed by atoms with Gasteiger partial charge in [0, 0.05) is 25.2 Å². The van der Waals surface area contributed by atoms with Gasteiger partial charge in [-0.25, -0.2) is 9.18 Å². The second kappa shape index (κ2) is 10.4. The molecule has 0 aliphatic rings. The van der Waals surface area contributed by atoms with Crippen molar-refractivity contribution in [3.8, 4) is 11.4 Å². The van der Waals surface area contributed by atoms with E-state index in [4.69, 9.17) is 10.5 Å². The normalized spacial score (nSPS) is 12.4. The summed E-state index contributed by atoms with van der Waals surface area (Å²) in [6.45, 7) is 5.43. The first-order valence-electron chi connectivity index (χ1n) is 11.3. The van der Waals surface area contributed by atoms with E-state index in [0.717, 1.165) is 29.3 Å². The first-order valence-corrected chi connectivity index (χ1v) is 11.3. The minimum absolute atomic E-state index is 0.107. The van der Waals surface area contributed by atoms with Crippen molar-refractivity contribution >= 4 is 17.3 Å². The lowest BCUT2D eigenvalue weighted by molar-refractivity contribution is -0.136. The number of hydrogen-bond donors (Lipinski definition) is 2. The van der Waals surface area contributed by atoms with Crippen LogP contribution in [0.15, 0.2) is 35.1 Å². The van der Waals surface area contributed by atoms with Crippen LogP contribution in [0.2, 0.25) is 0 Å². The maximum Gasteiger partial charge on any atom is 0.418 e. The largest absolute Gasteiger partial charge is 0.490 e. The zero-order chi connectivity index (χ0) is 26.8. The molecule has 0 aliphatic carbocycles. The lowest BCUT2D eigenvalue weighted by Gasteiger charge is -2.19. The number of alkyl halides is 3. The number of rotatable bonds is 8. The first-order chi connectivity index (χ1) is 16.9. The Morgan fingerprint density at radius 1 is 1.22 bits per heavy atom. The lowest BCUT2D eigenvalue weighted by atomic mass is 10.1. The molecule has 3 rings (SSSR count). The molecule has 12 heteroatoms. The van der Waals surface area contributed by atoms with Crippen LogP contribution in [0.5, 0.6) is 5.75 Å². The van der Waals surface area contributed by atoms with Crippen LogP contribution in [0.1, 0.15) is 55.4 Å². The maximum absolute atomic E-state index is 15.2. The fourth-order valence-corrected chi connectivity index (χ4v) is 3.70.